The maximum Gasteiger partial charge on any atom is -0.0411 e. The van der Waals surface area contributed by atoms with Crippen molar-refractivity contribution in [3.63, 3.8) is 0 Å². The molecule has 0 aromatic carbocycles. The Bertz CT molecular complexity index is 15.5. The molecule has 0 saturated heterocycles. The molecular weight excluding hydrogens is 156 g/mol. The fraction of sp³-hybridized carbons (Fsp3) is 1.00. The lowest BCUT2D eigenvalue weighted by Crippen LogP contribution is -1.93. The van der Waals surface area contributed by atoms with E-state index in [0.29, 0.717) is 5.41 Å². The lowest BCUT2D eigenvalue weighted by molar-refractivity contribution is 0.469. The van der Waals surface area contributed by atoms with Gasteiger partial charge in [0.2, 0.25) is 0 Å². The van der Waals surface area contributed by atoms with Gasteiger partial charge in [-0.25, -0.2) is 0 Å². The first-order valence-corrected chi connectivity index (χ1v) is 5.00. The molecule has 0 saturated carbocycles. The average molecular weight is 194 g/mol. The predicted octanol–water partition coefficient (Wildman–Crippen LogP) is 6.40. The van der Waals surface area contributed by atoms with E-state index in [1.165, 1.54) is 0 Å². The molecule has 0 spiro atoms. The van der Waals surface area contributed by atoms with E-state index in [1.807, 2.05) is 41.5 Å². The van der Waals surface area contributed by atoms with E-state index in [4.69, 9.17) is 0 Å². The lowest BCUT2D eigenvalue weighted by Gasteiger charge is -2.05. The van der Waals surface area contributed by atoms with E-state index < -0.39 is 0 Å². The molecule has 0 fully saturated rings. The molecule has 0 aliphatic rings. The molecule has 0 rings (SSSR count). The van der Waals surface area contributed by atoms with Gasteiger partial charge in [0.15, 0.2) is 0 Å². The molecular formula is C13H38. The summed E-state index contributed by atoms with van der Waals surface area (Å²) in [5.74, 6) is 0. The number of hydrogen-bond donors (Lipinski definition) is 0. The summed E-state index contributed by atoms with van der Waals surface area (Å²) in [6.07, 6.45) is 0. The van der Waals surface area contributed by atoms with Crippen molar-refractivity contribution < 1.29 is 0 Å². The van der Waals surface area contributed by atoms with Crippen LogP contribution in [0.4, 0.5) is 0 Å². The molecule has 0 heteroatoms. The summed E-state index contributed by atoms with van der Waals surface area (Å²) in [5.41, 5.74) is 0.500. The molecule has 0 bridgehead atoms. The van der Waals surface area contributed by atoms with Crippen molar-refractivity contribution in [2.45, 2.75) is 84.1 Å². The van der Waals surface area contributed by atoms with Crippen molar-refractivity contribution in [2.24, 2.45) is 5.41 Å². The largest absolute Gasteiger partial charge is 0.0776 e. The molecule has 0 atom stereocenters. The minimum Gasteiger partial charge on any atom is -0.0776 e. The van der Waals surface area contributed by atoms with Gasteiger partial charge in [-0.15, -0.1) is 0 Å². The second kappa shape index (κ2) is 40.3. The molecule has 0 aliphatic heterocycles. The number of hydrogen-bond acceptors (Lipinski definition) is 0. The van der Waals surface area contributed by atoms with Crippen LogP contribution in [0, 0.1) is 5.41 Å². The Morgan fingerprint density at radius 1 is 0.462 bits per heavy atom. The molecule has 0 heterocycles. The molecule has 90 valence electrons. The fourth-order valence-electron chi connectivity index (χ4n) is 0. The van der Waals surface area contributed by atoms with Gasteiger partial charge in [0, 0.05) is 0 Å². The van der Waals surface area contributed by atoms with Crippen molar-refractivity contribution >= 4 is 0 Å². The highest BCUT2D eigenvalue weighted by atomic mass is 14.0. The van der Waals surface area contributed by atoms with Crippen LogP contribution >= 0.6 is 0 Å². The summed E-state index contributed by atoms with van der Waals surface area (Å²) >= 11 is 0. The van der Waals surface area contributed by atoms with Crippen molar-refractivity contribution in [1.82, 2.24) is 0 Å². The molecule has 0 N–H and O–H groups in total. The van der Waals surface area contributed by atoms with Crippen LogP contribution in [0.5, 0.6) is 0 Å². The Kier molecular flexibility index (Phi) is 119. The van der Waals surface area contributed by atoms with Crippen LogP contribution in [0.25, 0.3) is 0 Å². The van der Waals surface area contributed by atoms with Crippen LogP contribution in [-0.2, 0) is 0 Å². The van der Waals surface area contributed by atoms with Crippen LogP contribution in [0.2, 0.25) is 0 Å². The molecule has 0 aromatic rings. The van der Waals surface area contributed by atoms with Crippen LogP contribution in [0.1, 0.15) is 84.1 Å². The normalized spacial score (nSPS) is 6.00. The van der Waals surface area contributed by atoms with E-state index in [9.17, 15) is 0 Å². The van der Waals surface area contributed by atoms with E-state index in [2.05, 4.69) is 27.7 Å². The third-order valence-corrected chi connectivity index (χ3v) is 0. The zero-order valence-corrected chi connectivity index (χ0v) is 10.5. The van der Waals surface area contributed by atoms with E-state index in [-0.39, 0.29) is 14.9 Å². The standard InChI is InChI=1S/C5H12.3C2H6.2CH4/c1-5(2,3)4;3*1-2;;/h1-4H3;3*1-2H3;2*1H4. The van der Waals surface area contributed by atoms with Gasteiger partial charge in [-0.3, -0.25) is 0 Å². The van der Waals surface area contributed by atoms with Crippen molar-refractivity contribution in [3.05, 3.63) is 0 Å². The molecule has 13 heavy (non-hydrogen) atoms. The number of rotatable bonds is 0. The highest BCUT2D eigenvalue weighted by Crippen LogP contribution is 2.07. The van der Waals surface area contributed by atoms with Gasteiger partial charge in [0.1, 0.15) is 0 Å². The Labute approximate surface area is 90.1 Å². The Balaban J connectivity index is -0.0000000135. The molecule has 0 nitrogen and oxygen atoms in total. The van der Waals surface area contributed by atoms with Crippen LogP contribution in [-0.4, -0.2) is 0 Å². The van der Waals surface area contributed by atoms with E-state index in [0.717, 1.165) is 0 Å². The first-order chi connectivity index (χ1) is 5.00. The Morgan fingerprint density at radius 3 is 0.462 bits per heavy atom. The van der Waals surface area contributed by atoms with Crippen molar-refractivity contribution in [3.8, 4) is 0 Å². The summed E-state index contributed by atoms with van der Waals surface area (Å²) in [6.45, 7) is 20.8. The zero-order chi connectivity index (χ0) is 10.5. The summed E-state index contributed by atoms with van der Waals surface area (Å²) in [6, 6.07) is 0. The minimum absolute atomic E-state index is 0. The fourth-order valence-corrected chi connectivity index (χ4v) is 0. The maximum atomic E-state index is 2.19. The van der Waals surface area contributed by atoms with Crippen molar-refractivity contribution in [2.75, 3.05) is 0 Å². The van der Waals surface area contributed by atoms with Crippen LogP contribution < -0.4 is 0 Å². The second-order valence-corrected chi connectivity index (χ2v) is 3.00. The first-order valence-electron chi connectivity index (χ1n) is 5.00. The van der Waals surface area contributed by atoms with Gasteiger partial charge in [-0.05, 0) is 5.41 Å². The summed E-state index contributed by atoms with van der Waals surface area (Å²) < 4.78 is 0. The molecule has 0 amide bonds. The molecule has 0 radical (unpaired) electrons. The monoisotopic (exact) mass is 194 g/mol. The van der Waals surface area contributed by atoms with Gasteiger partial charge < -0.3 is 0 Å². The van der Waals surface area contributed by atoms with Crippen LogP contribution in [0.3, 0.4) is 0 Å². The molecule has 0 unspecified atom stereocenters. The maximum absolute atomic E-state index is 2.19. The zero-order valence-electron chi connectivity index (χ0n) is 10.5. The predicted molar refractivity (Wildman–Crippen MR) is 72.6 cm³/mol. The second-order valence-electron chi connectivity index (χ2n) is 3.00. The van der Waals surface area contributed by atoms with Gasteiger partial charge in [-0.1, -0.05) is 84.1 Å². The smallest absolute Gasteiger partial charge is 0.0411 e. The summed E-state index contributed by atoms with van der Waals surface area (Å²) in [4.78, 5) is 0. The Hall–Kier alpha value is 0. The van der Waals surface area contributed by atoms with E-state index >= 15 is 0 Å². The SMILES string of the molecule is C.C.CC.CC.CC.CC(C)(C)C. The highest BCUT2D eigenvalue weighted by molar-refractivity contribution is 4.47. The average Bonchev–Trinajstić information content (AvgIpc) is 1.96. The van der Waals surface area contributed by atoms with Gasteiger partial charge in [0.25, 0.3) is 0 Å². The molecule has 0 aliphatic carbocycles. The van der Waals surface area contributed by atoms with Gasteiger partial charge in [0.05, 0.1) is 0 Å². The van der Waals surface area contributed by atoms with Gasteiger partial charge >= 0.3 is 0 Å². The minimum atomic E-state index is 0. The van der Waals surface area contributed by atoms with Crippen LogP contribution in [0.15, 0.2) is 0 Å². The first kappa shape index (κ1) is 38.2. The lowest BCUT2D eigenvalue weighted by atomic mass is 10.0. The summed E-state index contributed by atoms with van der Waals surface area (Å²) in [7, 11) is 0. The summed E-state index contributed by atoms with van der Waals surface area (Å²) in [5, 5.41) is 0. The Morgan fingerprint density at radius 2 is 0.462 bits per heavy atom. The topological polar surface area (TPSA) is 0 Å². The van der Waals surface area contributed by atoms with E-state index in [1.54, 1.807) is 0 Å². The van der Waals surface area contributed by atoms with Gasteiger partial charge in [-0.2, -0.15) is 0 Å². The third-order valence-electron chi connectivity index (χ3n) is 0. The quantitative estimate of drug-likeness (QED) is 0.418. The van der Waals surface area contributed by atoms with Crippen molar-refractivity contribution in [1.29, 1.82) is 0 Å². The molecule has 0 aromatic heterocycles. The third kappa shape index (κ3) is 0. The highest BCUT2D eigenvalue weighted by Gasteiger charge is 1.95.